The Morgan fingerprint density at radius 1 is 0.586 bits per heavy atom. The molecule has 0 aliphatic rings. The van der Waals surface area contributed by atoms with Gasteiger partial charge in [-0.1, -0.05) is 218 Å². The molecule has 0 rings (SSSR count). The van der Waals surface area contributed by atoms with E-state index in [1.165, 1.54) is 173 Å². The van der Waals surface area contributed by atoms with Gasteiger partial charge >= 0.3 is 0 Å². The lowest BCUT2D eigenvalue weighted by molar-refractivity contribution is -0.870. The molecule has 0 aromatic rings. The molecule has 0 fully saturated rings. The predicted molar refractivity (Wildman–Crippen MR) is 247 cm³/mol. The minimum atomic E-state index is -4.59. The van der Waals surface area contributed by atoms with Crippen LogP contribution in [0.15, 0.2) is 24.3 Å². The van der Waals surface area contributed by atoms with Crippen molar-refractivity contribution in [1.82, 2.24) is 5.32 Å². The first-order valence-electron chi connectivity index (χ1n) is 24.7. The van der Waals surface area contributed by atoms with Crippen molar-refractivity contribution in [3.8, 4) is 0 Å². The van der Waals surface area contributed by atoms with Gasteiger partial charge in [-0.15, -0.1) is 0 Å². The van der Waals surface area contributed by atoms with E-state index < -0.39 is 20.0 Å². The number of unbranched alkanes of at least 4 members (excludes halogenated alkanes) is 30. The van der Waals surface area contributed by atoms with Crippen molar-refractivity contribution in [3.63, 3.8) is 0 Å². The molecular formula is C49H97N2O6P. The number of aliphatic hydroxyl groups is 1. The van der Waals surface area contributed by atoms with Gasteiger partial charge in [0.25, 0.3) is 7.82 Å². The minimum Gasteiger partial charge on any atom is -0.756 e. The molecule has 0 aliphatic carbocycles. The maximum absolute atomic E-state index is 12.9. The van der Waals surface area contributed by atoms with E-state index in [0.717, 1.165) is 38.5 Å². The minimum absolute atomic E-state index is 0.00427. The Kier molecular flexibility index (Phi) is 40.6. The average Bonchev–Trinajstić information content (AvgIpc) is 3.17. The van der Waals surface area contributed by atoms with Crippen molar-refractivity contribution in [2.75, 3.05) is 40.9 Å². The molecule has 2 N–H and O–H groups in total. The number of phosphoric ester groups is 1. The molecule has 3 unspecified atom stereocenters. The second kappa shape index (κ2) is 41.3. The van der Waals surface area contributed by atoms with Crippen LogP contribution in [-0.4, -0.2) is 68.5 Å². The number of allylic oxidation sites excluding steroid dienone is 3. The van der Waals surface area contributed by atoms with E-state index in [9.17, 15) is 19.4 Å². The van der Waals surface area contributed by atoms with Crippen LogP contribution in [0.5, 0.6) is 0 Å². The molecule has 0 aromatic heterocycles. The molecular weight excluding hydrogens is 744 g/mol. The Labute approximate surface area is 360 Å². The molecule has 0 radical (unpaired) electrons. The van der Waals surface area contributed by atoms with Gasteiger partial charge in [0.2, 0.25) is 5.91 Å². The van der Waals surface area contributed by atoms with E-state index in [0.29, 0.717) is 17.4 Å². The summed E-state index contributed by atoms with van der Waals surface area (Å²) < 4.78 is 23.2. The maximum atomic E-state index is 12.9. The number of likely N-dealkylation sites (N-methyl/N-ethyl adjacent to an activating group) is 1. The van der Waals surface area contributed by atoms with E-state index in [4.69, 9.17) is 9.05 Å². The van der Waals surface area contributed by atoms with Gasteiger partial charge in [0.15, 0.2) is 0 Å². The zero-order valence-corrected chi connectivity index (χ0v) is 39.9. The van der Waals surface area contributed by atoms with Crippen LogP contribution >= 0.6 is 7.82 Å². The van der Waals surface area contributed by atoms with Gasteiger partial charge in [0.05, 0.1) is 39.9 Å². The van der Waals surface area contributed by atoms with Crippen LogP contribution < -0.4 is 10.2 Å². The predicted octanol–water partition coefficient (Wildman–Crippen LogP) is 13.5. The summed E-state index contributed by atoms with van der Waals surface area (Å²) in [5, 5.41) is 13.8. The van der Waals surface area contributed by atoms with Gasteiger partial charge in [-0.25, -0.2) is 0 Å². The molecule has 344 valence electrons. The van der Waals surface area contributed by atoms with Crippen LogP contribution in [0, 0.1) is 0 Å². The zero-order chi connectivity index (χ0) is 42.8. The molecule has 0 saturated carbocycles. The third-order valence-electron chi connectivity index (χ3n) is 11.2. The van der Waals surface area contributed by atoms with E-state index >= 15 is 0 Å². The highest BCUT2D eigenvalue weighted by Crippen LogP contribution is 2.38. The lowest BCUT2D eigenvalue weighted by atomic mass is 10.0. The highest BCUT2D eigenvalue weighted by molar-refractivity contribution is 7.45. The van der Waals surface area contributed by atoms with Gasteiger partial charge < -0.3 is 28.8 Å². The molecule has 3 atom stereocenters. The summed E-state index contributed by atoms with van der Waals surface area (Å²) >= 11 is 0. The Morgan fingerprint density at radius 2 is 0.966 bits per heavy atom. The lowest BCUT2D eigenvalue weighted by Gasteiger charge is -2.29. The number of carbonyl (C=O) groups excluding carboxylic acids is 1. The quantitative estimate of drug-likeness (QED) is 0.0274. The average molecular weight is 841 g/mol. The molecule has 9 heteroatoms. The fourth-order valence-electron chi connectivity index (χ4n) is 7.23. The Bertz CT molecular complexity index is 1000. The molecule has 58 heavy (non-hydrogen) atoms. The number of rotatable bonds is 45. The third-order valence-corrected chi connectivity index (χ3v) is 12.1. The van der Waals surface area contributed by atoms with Crippen LogP contribution in [0.4, 0.5) is 0 Å². The van der Waals surface area contributed by atoms with Crippen molar-refractivity contribution in [3.05, 3.63) is 24.3 Å². The first kappa shape index (κ1) is 57.0. The van der Waals surface area contributed by atoms with Crippen LogP contribution in [0.1, 0.15) is 232 Å². The van der Waals surface area contributed by atoms with Gasteiger partial charge in [-0.05, 0) is 32.1 Å². The highest BCUT2D eigenvalue weighted by atomic mass is 31.2. The summed E-state index contributed by atoms with van der Waals surface area (Å²) in [6.45, 7) is 4.63. The second-order valence-electron chi connectivity index (χ2n) is 18.2. The van der Waals surface area contributed by atoms with E-state index in [1.54, 1.807) is 6.08 Å². The Balaban J connectivity index is 4.20. The third kappa shape index (κ3) is 43.1. The fraction of sp³-hybridized carbons (Fsp3) is 0.898. The number of amides is 1. The van der Waals surface area contributed by atoms with E-state index in [-0.39, 0.29) is 19.1 Å². The van der Waals surface area contributed by atoms with Gasteiger partial charge in [-0.2, -0.15) is 0 Å². The number of hydrogen-bond acceptors (Lipinski definition) is 6. The normalized spacial score (nSPS) is 14.4. The van der Waals surface area contributed by atoms with Crippen molar-refractivity contribution in [2.45, 2.75) is 244 Å². The maximum Gasteiger partial charge on any atom is 0.268 e. The van der Waals surface area contributed by atoms with Crippen LogP contribution in [-0.2, 0) is 18.4 Å². The standard InChI is InChI=1S/C49H97N2O6P/c1-6-8-10-12-14-16-18-20-21-22-23-24-25-26-27-28-29-30-31-33-35-37-39-41-43-49(53)50-47(46-57-58(54,55)56-45-44-51(3,4)5)48(52)42-40-38-36-34-32-19-17-15-13-11-9-7-2/h32,34,40,42,47-48,52H,6-31,33,35-39,41,43-46H2,1-5H3,(H-,50,53,54,55)/b34-32+,42-40+. The molecule has 0 saturated heterocycles. The van der Waals surface area contributed by atoms with E-state index in [2.05, 4.69) is 31.3 Å². The number of hydrogen-bond donors (Lipinski definition) is 2. The van der Waals surface area contributed by atoms with Crippen molar-refractivity contribution >= 4 is 13.7 Å². The number of phosphoric acid groups is 1. The summed E-state index contributed by atoms with van der Waals surface area (Å²) in [5.41, 5.74) is 0. The number of quaternary nitrogens is 1. The molecule has 0 heterocycles. The molecule has 0 spiro atoms. The number of nitrogens with one attached hydrogen (secondary N) is 1. The highest BCUT2D eigenvalue weighted by Gasteiger charge is 2.23. The number of carbonyl (C=O) groups is 1. The summed E-state index contributed by atoms with van der Waals surface area (Å²) in [4.78, 5) is 25.3. The summed E-state index contributed by atoms with van der Waals surface area (Å²) in [6.07, 6.45) is 49.6. The summed E-state index contributed by atoms with van der Waals surface area (Å²) in [7, 11) is 1.25. The van der Waals surface area contributed by atoms with E-state index in [1.807, 2.05) is 27.2 Å². The van der Waals surface area contributed by atoms with Crippen LogP contribution in [0.2, 0.25) is 0 Å². The van der Waals surface area contributed by atoms with Crippen molar-refractivity contribution in [2.24, 2.45) is 0 Å². The molecule has 0 bridgehead atoms. The fourth-order valence-corrected chi connectivity index (χ4v) is 7.95. The molecule has 8 nitrogen and oxygen atoms in total. The molecule has 0 aromatic carbocycles. The molecule has 1 amide bonds. The Morgan fingerprint density at radius 3 is 1.40 bits per heavy atom. The lowest BCUT2D eigenvalue weighted by Crippen LogP contribution is -2.45. The van der Waals surface area contributed by atoms with Gasteiger partial charge in [0, 0.05) is 6.42 Å². The second-order valence-corrected chi connectivity index (χ2v) is 19.6. The number of aliphatic hydroxyl groups excluding tert-OH is 1. The monoisotopic (exact) mass is 841 g/mol. The Hall–Kier alpha value is -1.02. The molecule has 0 aliphatic heterocycles. The van der Waals surface area contributed by atoms with Crippen LogP contribution in [0.25, 0.3) is 0 Å². The van der Waals surface area contributed by atoms with Gasteiger partial charge in [-0.3, -0.25) is 9.36 Å². The van der Waals surface area contributed by atoms with Gasteiger partial charge in [0.1, 0.15) is 13.2 Å². The van der Waals surface area contributed by atoms with Crippen LogP contribution in [0.3, 0.4) is 0 Å². The zero-order valence-electron chi connectivity index (χ0n) is 39.0. The summed E-state index contributed by atoms with van der Waals surface area (Å²) in [6, 6.07) is -0.898. The first-order chi connectivity index (χ1) is 28.0. The number of nitrogens with zero attached hydrogens (tertiary/aromatic N) is 1. The first-order valence-corrected chi connectivity index (χ1v) is 26.2. The van der Waals surface area contributed by atoms with Crippen molar-refractivity contribution in [1.29, 1.82) is 0 Å². The largest absolute Gasteiger partial charge is 0.756 e. The topological polar surface area (TPSA) is 108 Å². The summed E-state index contributed by atoms with van der Waals surface area (Å²) in [5.74, 6) is -0.204. The SMILES string of the molecule is CCCCCCCC/C=C/CC/C=C/C(O)C(COP(=O)([O-])OCC[N+](C)(C)C)NC(=O)CCCCCCCCCCCCCCCCCCCCCCCCCC. The smallest absolute Gasteiger partial charge is 0.268 e. The van der Waals surface area contributed by atoms with Crippen molar-refractivity contribution < 1.29 is 32.9 Å².